The van der Waals surface area contributed by atoms with Crippen molar-refractivity contribution in [2.24, 2.45) is 0 Å². The molecule has 19 heavy (non-hydrogen) atoms. The van der Waals surface area contributed by atoms with Crippen molar-refractivity contribution in [3.8, 4) is 0 Å². The van der Waals surface area contributed by atoms with E-state index in [2.05, 4.69) is 6.92 Å². The molecule has 0 saturated heterocycles. The van der Waals surface area contributed by atoms with Crippen LogP contribution in [0.15, 0.2) is 23.1 Å². The summed E-state index contributed by atoms with van der Waals surface area (Å²) >= 11 is 1.80. The highest BCUT2D eigenvalue weighted by atomic mass is 32.2. The van der Waals surface area contributed by atoms with Crippen molar-refractivity contribution < 1.29 is 8.42 Å². The highest BCUT2D eigenvalue weighted by molar-refractivity contribution is 8.00. The van der Waals surface area contributed by atoms with Gasteiger partial charge in [0.15, 0.2) is 0 Å². The fourth-order valence-electron chi connectivity index (χ4n) is 2.58. The van der Waals surface area contributed by atoms with Gasteiger partial charge in [-0.3, -0.25) is 0 Å². The van der Waals surface area contributed by atoms with Gasteiger partial charge in [-0.05, 0) is 49.9 Å². The number of nitrogens with two attached hydrogens (primary N) is 1. The molecule has 3 nitrogen and oxygen atoms in total. The minimum Gasteiger partial charge on any atom is -0.399 e. The molecule has 0 spiro atoms. The quantitative estimate of drug-likeness (QED) is 0.872. The monoisotopic (exact) mass is 299 g/mol. The molecule has 1 aromatic carbocycles. The molecular formula is C14H21NO2S2. The first-order valence-electron chi connectivity index (χ1n) is 6.58. The fourth-order valence-corrected chi connectivity index (χ4v) is 5.24. The largest absolute Gasteiger partial charge is 0.399 e. The Balaban J connectivity index is 2.07. The first-order chi connectivity index (χ1) is 8.86. The van der Waals surface area contributed by atoms with Crippen LogP contribution in [0.25, 0.3) is 0 Å². The number of nitrogen functional groups attached to an aromatic ring is 1. The molecule has 2 N–H and O–H groups in total. The summed E-state index contributed by atoms with van der Waals surface area (Å²) in [6.45, 7) is 2.05. The van der Waals surface area contributed by atoms with Gasteiger partial charge < -0.3 is 5.73 Å². The SMILES string of the molecule is Cc1cc(N)ccc1SC1CCCC(S(C)(=O)=O)C1. The van der Waals surface area contributed by atoms with Gasteiger partial charge in [-0.25, -0.2) is 8.42 Å². The molecule has 1 saturated carbocycles. The van der Waals surface area contributed by atoms with E-state index in [0.29, 0.717) is 5.25 Å². The van der Waals surface area contributed by atoms with Gasteiger partial charge in [0.25, 0.3) is 0 Å². The molecule has 5 heteroatoms. The Hall–Kier alpha value is -0.680. The average Bonchev–Trinajstić information content (AvgIpc) is 2.32. The van der Waals surface area contributed by atoms with Crippen molar-refractivity contribution in [1.82, 2.24) is 0 Å². The second-order valence-electron chi connectivity index (χ2n) is 5.38. The number of thioether (sulfide) groups is 1. The number of hydrogen-bond donors (Lipinski definition) is 1. The third-order valence-electron chi connectivity index (χ3n) is 3.68. The molecule has 106 valence electrons. The Morgan fingerprint density at radius 2 is 2.05 bits per heavy atom. The predicted octanol–water partition coefficient (Wildman–Crippen LogP) is 3.03. The summed E-state index contributed by atoms with van der Waals surface area (Å²) in [6, 6.07) is 5.92. The van der Waals surface area contributed by atoms with Crippen LogP contribution in [-0.2, 0) is 9.84 Å². The van der Waals surface area contributed by atoms with E-state index in [9.17, 15) is 8.42 Å². The van der Waals surface area contributed by atoms with E-state index in [1.165, 1.54) is 16.7 Å². The highest BCUT2D eigenvalue weighted by Crippen LogP contribution is 2.37. The minimum absolute atomic E-state index is 0.159. The number of anilines is 1. The molecule has 1 aliphatic carbocycles. The van der Waals surface area contributed by atoms with E-state index < -0.39 is 9.84 Å². The van der Waals surface area contributed by atoms with Crippen LogP contribution in [0.1, 0.15) is 31.2 Å². The lowest BCUT2D eigenvalue weighted by Crippen LogP contribution is -2.28. The van der Waals surface area contributed by atoms with Gasteiger partial charge in [-0.2, -0.15) is 0 Å². The minimum atomic E-state index is -2.90. The van der Waals surface area contributed by atoms with Crippen LogP contribution >= 0.6 is 11.8 Å². The van der Waals surface area contributed by atoms with E-state index in [0.717, 1.165) is 31.4 Å². The summed E-state index contributed by atoms with van der Waals surface area (Å²) in [4.78, 5) is 1.22. The third-order valence-corrected chi connectivity index (χ3v) is 6.79. The fraction of sp³-hybridized carbons (Fsp3) is 0.571. The second-order valence-corrected chi connectivity index (χ2v) is 9.05. The van der Waals surface area contributed by atoms with Crippen LogP contribution in [0, 0.1) is 6.92 Å². The smallest absolute Gasteiger partial charge is 0.150 e. The standard InChI is InChI=1S/C14H21NO2S2/c1-10-8-11(15)6-7-14(10)18-12-4-3-5-13(9-12)19(2,16)17/h6-8,12-13H,3-5,9,15H2,1-2H3. The Bertz CT molecular complexity index is 555. The molecule has 0 heterocycles. The molecule has 2 atom stereocenters. The number of hydrogen-bond acceptors (Lipinski definition) is 4. The number of aryl methyl sites for hydroxylation is 1. The van der Waals surface area contributed by atoms with Gasteiger partial charge in [0.05, 0.1) is 5.25 Å². The summed E-state index contributed by atoms with van der Waals surface area (Å²) in [5, 5.41) is 0.239. The average molecular weight is 299 g/mol. The van der Waals surface area contributed by atoms with Crippen molar-refractivity contribution in [2.45, 2.75) is 48.0 Å². The summed E-state index contributed by atoms with van der Waals surface area (Å²) in [6.07, 6.45) is 5.05. The molecule has 0 aliphatic heterocycles. The Labute approximate surface area is 119 Å². The van der Waals surface area contributed by atoms with Gasteiger partial charge >= 0.3 is 0 Å². The Kier molecular flexibility index (Phi) is 4.46. The van der Waals surface area contributed by atoms with E-state index >= 15 is 0 Å². The first kappa shape index (κ1) is 14.7. The Morgan fingerprint density at radius 3 is 2.68 bits per heavy atom. The number of sulfone groups is 1. The molecule has 1 aliphatic rings. The van der Waals surface area contributed by atoms with E-state index in [4.69, 9.17) is 5.73 Å². The van der Waals surface area contributed by atoms with Crippen molar-refractivity contribution in [2.75, 3.05) is 12.0 Å². The zero-order valence-electron chi connectivity index (χ0n) is 11.4. The molecule has 0 bridgehead atoms. The topological polar surface area (TPSA) is 60.2 Å². The molecule has 0 radical (unpaired) electrons. The predicted molar refractivity (Wildman–Crippen MR) is 82.3 cm³/mol. The van der Waals surface area contributed by atoms with E-state index in [1.54, 1.807) is 11.8 Å². The summed E-state index contributed by atoms with van der Waals surface area (Å²) in [5.74, 6) is 0. The Morgan fingerprint density at radius 1 is 1.32 bits per heavy atom. The van der Waals surface area contributed by atoms with Crippen LogP contribution in [-0.4, -0.2) is 25.2 Å². The maximum atomic E-state index is 11.7. The third kappa shape index (κ3) is 3.89. The van der Waals surface area contributed by atoms with Crippen LogP contribution in [0.5, 0.6) is 0 Å². The second kappa shape index (κ2) is 5.75. The van der Waals surface area contributed by atoms with Crippen molar-refractivity contribution in [3.63, 3.8) is 0 Å². The normalized spacial score (nSPS) is 24.3. The molecule has 2 rings (SSSR count). The van der Waals surface area contributed by atoms with Crippen LogP contribution in [0.4, 0.5) is 5.69 Å². The molecule has 1 aromatic rings. The van der Waals surface area contributed by atoms with Crippen molar-refractivity contribution in [3.05, 3.63) is 23.8 Å². The van der Waals surface area contributed by atoms with Gasteiger partial charge in [-0.1, -0.05) is 6.42 Å². The van der Waals surface area contributed by atoms with Crippen molar-refractivity contribution >= 4 is 27.3 Å². The van der Waals surface area contributed by atoms with Crippen LogP contribution < -0.4 is 5.73 Å². The van der Waals surface area contributed by atoms with Crippen LogP contribution in [0.2, 0.25) is 0 Å². The zero-order valence-corrected chi connectivity index (χ0v) is 13.1. The van der Waals surface area contributed by atoms with Crippen molar-refractivity contribution in [1.29, 1.82) is 0 Å². The molecule has 0 aromatic heterocycles. The summed E-state index contributed by atoms with van der Waals surface area (Å²) < 4.78 is 23.3. The van der Waals surface area contributed by atoms with Gasteiger partial charge in [0.1, 0.15) is 9.84 Å². The van der Waals surface area contributed by atoms with E-state index in [1.807, 2.05) is 18.2 Å². The lowest BCUT2D eigenvalue weighted by Gasteiger charge is -2.28. The van der Waals surface area contributed by atoms with Crippen LogP contribution in [0.3, 0.4) is 0 Å². The zero-order chi connectivity index (χ0) is 14.0. The maximum Gasteiger partial charge on any atom is 0.150 e. The first-order valence-corrected chi connectivity index (χ1v) is 9.41. The molecule has 0 amide bonds. The number of benzene rings is 1. The lowest BCUT2D eigenvalue weighted by molar-refractivity contribution is 0.495. The van der Waals surface area contributed by atoms with E-state index in [-0.39, 0.29) is 5.25 Å². The molecular weight excluding hydrogens is 278 g/mol. The highest BCUT2D eigenvalue weighted by Gasteiger charge is 2.29. The lowest BCUT2D eigenvalue weighted by atomic mass is 10.00. The van der Waals surface area contributed by atoms with Gasteiger partial charge in [-0.15, -0.1) is 11.8 Å². The van der Waals surface area contributed by atoms with Gasteiger partial charge in [0, 0.05) is 22.1 Å². The maximum absolute atomic E-state index is 11.7. The summed E-state index contributed by atoms with van der Waals surface area (Å²) in [7, 11) is -2.90. The molecule has 1 fully saturated rings. The molecule has 2 unspecified atom stereocenters. The summed E-state index contributed by atoms with van der Waals surface area (Å²) in [5.41, 5.74) is 7.70. The number of rotatable bonds is 3. The van der Waals surface area contributed by atoms with Gasteiger partial charge in [0.2, 0.25) is 0 Å².